The van der Waals surface area contributed by atoms with Crippen molar-refractivity contribution in [1.29, 1.82) is 0 Å². The molecular formula is C29H24ClN7O3S. The normalized spacial score (nSPS) is 14.9. The number of anilines is 3. The van der Waals surface area contributed by atoms with Crippen molar-refractivity contribution in [3.63, 3.8) is 0 Å². The van der Waals surface area contributed by atoms with E-state index in [1.807, 2.05) is 30.3 Å². The molecule has 0 aliphatic carbocycles. The van der Waals surface area contributed by atoms with E-state index in [2.05, 4.69) is 14.7 Å². The van der Waals surface area contributed by atoms with Gasteiger partial charge in [0.15, 0.2) is 12.0 Å². The third-order valence-electron chi connectivity index (χ3n) is 6.49. The van der Waals surface area contributed by atoms with Gasteiger partial charge in [-0.25, -0.2) is 23.4 Å². The molecule has 4 N–H and O–H groups in total. The Bertz CT molecular complexity index is 1870. The number of rotatable bonds is 6. The van der Waals surface area contributed by atoms with Crippen LogP contribution in [0.4, 0.5) is 23.0 Å². The molecular weight excluding hydrogens is 562 g/mol. The lowest BCUT2D eigenvalue weighted by Gasteiger charge is -2.33. The fraction of sp³-hybridized carbons (Fsp3) is 0.0690. The topological polar surface area (TPSA) is 139 Å². The first-order valence-corrected chi connectivity index (χ1v) is 14.7. The van der Waals surface area contributed by atoms with Crippen LogP contribution in [0.15, 0.2) is 102 Å². The van der Waals surface area contributed by atoms with E-state index in [0.717, 1.165) is 22.9 Å². The van der Waals surface area contributed by atoms with Crippen LogP contribution in [0.2, 0.25) is 5.02 Å². The van der Waals surface area contributed by atoms with Gasteiger partial charge < -0.3 is 10.8 Å². The largest absolute Gasteiger partial charge is 0.384 e. The van der Waals surface area contributed by atoms with Gasteiger partial charge in [0.05, 0.1) is 17.6 Å². The number of benzene rings is 3. The number of pyridine rings is 1. The number of nitrogens with zero attached hydrogens (tertiary/aromatic N) is 5. The Balaban J connectivity index is 1.46. The van der Waals surface area contributed by atoms with Crippen LogP contribution < -0.4 is 15.4 Å². The van der Waals surface area contributed by atoms with Gasteiger partial charge >= 0.3 is 0 Å². The molecule has 5 aromatic rings. The number of nitrogens with two attached hydrogens (primary N) is 1. The van der Waals surface area contributed by atoms with E-state index in [4.69, 9.17) is 22.3 Å². The van der Waals surface area contributed by atoms with Crippen molar-refractivity contribution < 1.29 is 13.5 Å². The highest BCUT2D eigenvalue weighted by Gasteiger charge is 2.34. The third kappa shape index (κ3) is 5.38. The van der Waals surface area contributed by atoms with E-state index in [-0.39, 0.29) is 0 Å². The number of aliphatic hydroxyl groups excluding tert-OH is 1. The van der Waals surface area contributed by atoms with Crippen molar-refractivity contribution in [2.24, 2.45) is 4.99 Å². The van der Waals surface area contributed by atoms with Gasteiger partial charge in [-0.3, -0.25) is 14.2 Å². The summed E-state index contributed by atoms with van der Waals surface area (Å²) in [6, 6.07) is 25.3. The predicted octanol–water partition coefficient (Wildman–Crippen LogP) is 5.13. The summed E-state index contributed by atoms with van der Waals surface area (Å²) in [6.07, 6.45) is 3.19. The van der Waals surface area contributed by atoms with Crippen molar-refractivity contribution in [3.8, 4) is 16.8 Å². The lowest BCUT2D eigenvalue weighted by Crippen LogP contribution is -2.38. The van der Waals surface area contributed by atoms with Gasteiger partial charge in [0.25, 0.3) is 0 Å². The quantitative estimate of drug-likeness (QED) is 0.251. The molecule has 1 aliphatic heterocycles. The maximum absolute atomic E-state index is 11.8. The number of hydrogen-bond donors (Lipinski definition) is 3. The second-order valence-electron chi connectivity index (χ2n) is 9.45. The van der Waals surface area contributed by atoms with E-state index in [0.29, 0.717) is 45.3 Å². The standard InChI is InChI=1S/C29H24ClN7O3S/c1-41(39,40)35-22-3-2-4-24(15-22)36-17-33-26-28(36)34-27(37(29(26)38)23-12-10-21(30)11-13-23)19-7-5-18(6-8-19)20-9-14-25(31)32-16-20/h2-17,29,35,38H,1H3,(H2,31,32). The summed E-state index contributed by atoms with van der Waals surface area (Å²) in [5.41, 5.74) is 10.4. The van der Waals surface area contributed by atoms with Gasteiger partial charge in [-0.2, -0.15) is 0 Å². The zero-order valence-corrected chi connectivity index (χ0v) is 23.3. The minimum Gasteiger partial charge on any atom is -0.384 e. The summed E-state index contributed by atoms with van der Waals surface area (Å²) in [4.78, 5) is 15.3. The average molecular weight is 586 g/mol. The Labute approximate surface area is 241 Å². The molecule has 1 atom stereocenters. The second kappa shape index (κ2) is 10.4. The number of nitrogen functional groups attached to an aromatic ring is 1. The van der Waals surface area contributed by atoms with Crippen LogP contribution in [-0.4, -0.2) is 40.2 Å². The number of imidazole rings is 1. The molecule has 1 aliphatic rings. The van der Waals surface area contributed by atoms with Crippen molar-refractivity contribution in [1.82, 2.24) is 14.5 Å². The zero-order valence-electron chi connectivity index (χ0n) is 21.7. The summed E-state index contributed by atoms with van der Waals surface area (Å²) in [5.74, 6) is 1.35. The predicted molar refractivity (Wildman–Crippen MR) is 161 cm³/mol. The average Bonchev–Trinajstić information content (AvgIpc) is 3.38. The van der Waals surface area contributed by atoms with Crippen molar-refractivity contribution in [3.05, 3.63) is 114 Å². The highest BCUT2D eigenvalue weighted by molar-refractivity contribution is 7.92. The minimum atomic E-state index is -3.47. The Kier molecular flexibility index (Phi) is 6.70. The third-order valence-corrected chi connectivity index (χ3v) is 7.35. The molecule has 0 saturated carbocycles. The van der Waals surface area contributed by atoms with E-state index < -0.39 is 16.3 Å². The van der Waals surface area contributed by atoms with Gasteiger partial charge in [0.2, 0.25) is 10.0 Å². The van der Waals surface area contributed by atoms with Crippen molar-refractivity contribution in [2.75, 3.05) is 21.6 Å². The Morgan fingerprint density at radius 3 is 2.29 bits per heavy atom. The molecule has 0 bridgehead atoms. The number of halogens is 1. The molecule has 0 spiro atoms. The Morgan fingerprint density at radius 2 is 1.61 bits per heavy atom. The van der Waals surface area contributed by atoms with Crippen LogP contribution in [0.3, 0.4) is 0 Å². The minimum absolute atomic E-state index is 0.342. The molecule has 12 heteroatoms. The number of nitrogens with one attached hydrogen (secondary N) is 1. The lowest BCUT2D eigenvalue weighted by molar-refractivity contribution is 0.182. The van der Waals surface area contributed by atoms with Crippen LogP contribution in [0.5, 0.6) is 0 Å². The summed E-state index contributed by atoms with van der Waals surface area (Å²) in [6.45, 7) is 0. The molecule has 3 heterocycles. The maximum atomic E-state index is 11.8. The molecule has 0 saturated heterocycles. The van der Waals surface area contributed by atoms with E-state index in [1.54, 1.807) is 76.6 Å². The second-order valence-corrected chi connectivity index (χ2v) is 11.6. The fourth-order valence-electron chi connectivity index (χ4n) is 4.62. The van der Waals surface area contributed by atoms with Gasteiger partial charge in [-0.1, -0.05) is 41.9 Å². The van der Waals surface area contributed by atoms with E-state index in [9.17, 15) is 13.5 Å². The highest BCUT2D eigenvalue weighted by atomic mass is 35.5. The SMILES string of the molecule is CS(=O)(=O)Nc1cccc(-n2cnc3c2N=C(c2ccc(-c4ccc(N)nc4)cc2)N(c2ccc(Cl)cc2)C3O)c1. The monoisotopic (exact) mass is 585 g/mol. The highest BCUT2D eigenvalue weighted by Crippen LogP contribution is 2.39. The molecule has 1 unspecified atom stereocenters. The Hall–Kier alpha value is -4.71. The first-order chi connectivity index (χ1) is 19.7. The molecule has 0 radical (unpaired) electrons. The van der Waals surface area contributed by atoms with Crippen molar-refractivity contribution >= 4 is 50.5 Å². The summed E-state index contributed by atoms with van der Waals surface area (Å²) >= 11 is 6.15. The molecule has 6 rings (SSSR count). The number of amidine groups is 1. The molecule has 206 valence electrons. The summed E-state index contributed by atoms with van der Waals surface area (Å²) in [5, 5.41) is 12.2. The first-order valence-electron chi connectivity index (χ1n) is 12.5. The fourth-order valence-corrected chi connectivity index (χ4v) is 5.30. The molecule has 41 heavy (non-hydrogen) atoms. The van der Waals surface area contributed by atoms with Crippen LogP contribution in [0.25, 0.3) is 16.8 Å². The molecule has 0 amide bonds. The summed E-state index contributed by atoms with van der Waals surface area (Å²) < 4.78 is 27.8. The van der Waals surface area contributed by atoms with E-state index >= 15 is 0 Å². The zero-order chi connectivity index (χ0) is 28.7. The van der Waals surface area contributed by atoms with Gasteiger partial charge in [0.1, 0.15) is 23.7 Å². The van der Waals surface area contributed by atoms with Gasteiger partial charge in [-0.15, -0.1) is 0 Å². The first kappa shape index (κ1) is 26.5. The van der Waals surface area contributed by atoms with E-state index in [1.165, 1.54) is 0 Å². The number of aliphatic hydroxyl groups is 1. The van der Waals surface area contributed by atoms with Crippen LogP contribution >= 0.6 is 11.6 Å². The smallest absolute Gasteiger partial charge is 0.229 e. The molecule has 2 aromatic heterocycles. The van der Waals surface area contributed by atoms with Crippen molar-refractivity contribution in [2.45, 2.75) is 6.23 Å². The molecule has 10 nitrogen and oxygen atoms in total. The molecule has 0 fully saturated rings. The maximum Gasteiger partial charge on any atom is 0.229 e. The number of aromatic nitrogens is 3. The number of hydrogen-bond acceptors (Lipinski definition) is 8. The van der Waals surface area contributed by atoms with Gasteiger partial charge in [-0.05, 0) is 60.2 Å². The number of fused-ring (bicyclic) bond motifs is 1. The molecule has 3 aromatic carbocycles. The van der Waals surface area contributed by atoms with Crippen LogP contribution in [0, 0.1) is 0 Å². The lowest BCUT2D eigenvalue weighted by atomic mass is 10.0. The summed E-state index contributed by atoms with van der Waals surface area (Å²) in [7, 11) is -3.47. The number of aliphatic imine (C=N–C) groups is 1. The number of sulfonamides is 1. The van der Waals surface area contributed by atoms with Crippen LogP contribution in [0.1, 0.15) is 17.5 Å². The van der Waals surface area contributed by atoms with Gasteiger partial charge in [0, 0.05) is 28.0 Å². The Morgan fingerprint density at radius 1 is 0.902 bits per heavy atom. The van der Waals surface area contributed by atoms with Crippen LogP contribution in [-0.2, 0) is 10.0 Å².